The molecule has 0 amide bonds. The average molecular weight is 303 g/mol. The summed E-state index contributed by atoms with van der Waals surface area (Å²) in [6.07, 6.45) is 6.95. The van der Waals surface area contributed by atoms with Crippen molar-refractivity contribution in [1.82, 2.24) is 9.38 Å². The number of halogens is 1. The number of aryl methyl sites for hydroxylation is 1. The van der Waals surface area contributed by atoms with E-state index in [0.29, 0.717) is 21.8 Å². The third kappa shape index (κ3) is 2.32. The fraction of sp³-hybridized carbons (Fsp3) is 0.188. The van der Waals surface area contributed by atoms with Crippen LogP contribution in [0.15, 0.2) is 36.8 Å². The van der Waals surface area contributed by atoms with Crippen molar-refractivity contribution in [3.05, 3.63) is 47.4 Å². The van der Waals surface area contributed by atoms with Crippen LogP contribution in [0.1, 0.15) is 18.9 Å². The van der Waals surface area contributed by atoms with Crippen LogP contribution >= 0.6 is 11.6 Å². The molecule has 0 atom stereocenters. The summed E-state index contributed by atoms with van der Waals surface area (Å²) < 4.78 is 1.79. The Morgan fingerprint density at radius 1 is 1.14 bits per heavy atom. The number of hydrogen-bond donors (Lipinski definition) is 2. The summed E-state index contributed by atoms with van der Waals surface area (Å²) in [5.74, 6) is 0.0212. The van der Waals surface area contributed by atoms with Crippen molar-refractivity contribution in [2.45, 2.75) is 19.8 Å². The first kappa shape index (κ1) is 13.8. The smallest absolute Gasteiger partial charge is 0.146 e. The lowest BCUT2D eigenvalue weighted by Crippen LogP contribution is -1.92. The Morgan fingerprint density at radius 3 is 2.52 bits per heavy atom. The predicted molar refractivity (Wildman–Crippen MR) is 83.0 cm³/mol. The monoisotopic (exact) mass is 302 g/mol. The lowest BCUT2D eigenvalue weighted by atomic mass is 10.00. The summed E-state index contributed by atoms with van der Waals surface area (Å²) in [6.45, 7) is 2.05. The lowest BCUT2D eigenvalue weighted by molar-refractivity contribution is 0.453. The highest BCUT2D eigenvalue weighted by Gasteiger charge is 2.18. The van der Waals surface area contributed by atoms with E-state index in [1.54, 1.807) is 41.2 Å². The van der Waals surface area contributed by atoms with E-state index in [1.165, 1.54) is 0 Å². The molecule has 2 aromatic heterocycles. The fourth-order valence-corrected chi connectivity index (χ4v) is 2.79. The molecule has 4 nitrogen and oxygen atoms in total. The summed E-state index contributed by atoms with van der Waals surface area (Å²) in [5.41, 5.74) is 2.33. The minimum absolute atomic E-state index is 0.0106. The number of fused-ring (bicyclic) bond motifs is 1. The lowest BCUT2D eigenvalue weighted by Gasteiger charge is -2.12. The molecule has 0 spiro atoms. The molecular formula is C16H15ClN2O2. The molecule has 0 aliphatic rings. The van der Waals surface area contributed by atoms with Crippen molar-refractivity contribution in [2.24, 2.45) is 0 Å². The van der Waals surface area contributed by atoms with Crippen molar-refractivity contribution in [3.63, 3.8) is 0 Å². The quantitative estimate of drug-likeness (QED) is 0.768. The molecule has 3 rings (SSSR count). The summed E-state index contributed by atoms with van der Waals surface area (Å²) in [6, 6.07) is 5.05. The first-order valence-corrected chi connectivity index (χ1v) is 7.16. The molecule has 2 N–H and O–H groups in total. The van der Waals surface area contributed by atoms with Gasteiger partial charge in [0.25, 0.3) is 0 Å². The van der Waals surface area contributed by atoms with Gasteiger partial charge in [-0.2, -0.15) is 0 Å². The van der Waals surface area contributed by atoms with Crippen LogP contribution in [0.2, 0.25) is 5.02 Å². The zero-order valence-corrected chi connectivity index (χ0v) is 12.3. The van der Waals surface area contributed by atoms with Crippen molar-refractivity contribution in [1.29, 1.82) is 0 Å². The summed E-state index contributed by atoms with van der Waals surface area (Å²) in [4.78, 5) is 4.25. The average Bonchev–Trinajstić information content (AvgIpc) is 2.89. The number of phenolic OH excluding ortho intramolecular Hbond substituents is 2. The number of phenols is 2. The highest BCUT2D eigenvalue weighted by molar-refractivity contribution is 6.34. The minimum Gasteiger partial charge on any atom is -0.507 e. The van der Waals surface area contributed by atoms with Gasteiger partial charge in [0.05, 0.1) is 16.1 Å². The van der Waals surface area contributed by atoms with Crippen LogP contribution in [-0.4, -0.2) is 19.6 Å². The molecule has 1 aromatic carbocycles. The van der Waals surface area contributed by atoms with Crippen molar-refractivity contribution in [3.8, 4) is 22.6 Å². The summed E-state index contributed by atoms with van der Waals surface area (Å²) in [5, 5.41) is 21.1. The van der Waals surface area contributed by atoms with Crippen molar-refractivity contribution in [2.75, 3.05) is 0 Å². The molecule has 0 saturated carbocycles. The largest absolute Gasteiger partial charge is 0.507 e. The van der Waals surface area contributed by atoms with E-state index in [2.05, 4.69) is 4.98 Å². The molecule has 0 saturated heterocycles. The third-order valence-electron chi connectivity index (χ3n) is 3.46. The van der Waals surface area contributed by atoms with E-state index in [0.717, 1.165) is 18.4 Å². The second-order valence-corrected chi connectivity index (χ2v) is 5.36. The van der Waals surface area contributed by atoms with Crippen molar-refractivity contribution >= 4 is 17.2 Å². The Labute approximate surface area is 127 Å². The molecule has 5 heteroatoms. The van der Waals surface area contributed by atoms with Crippen LogP contribution in [-0.2, 0) is 6.42 Å². The molecule has 21 heavy (non-hydrogen) atoms. The van der Waals surface area contributed by atoms with Gasteiger partial charge in [-0.25, -0.2) is 4.98 Å². The van der Waals surface area contributed by atoms with Gasteiger partial charge in [0.2, 0.25) is 0 Å². The standard InChI is InChI=1S/C16H15ClN2O2/c1-2-3-10-8-12(20)15(13(21)9-10)14-11(17)4-6-19-7-5-18-16(14)19/h4-9,20-21H,2-3H2,1H3. The van der Waals surface area contributed by atoms with Gasteiger partial charge in [-0.15, -0.1) is 0 Å². The highest BCUT2D eigenvalue weighted by Crippen LogP contribution is 2.43. The molecule has 0 aliphatic carbocycles. The molecule has 0 radical (unpaired) electrons. The number of rotatable bonds is 3. The van der Waals surface area contributed by atoms with Crippen LogP contribution in [0, 0.1) is 0 Å². The number of nitrogens with zero attached hydrogens (tertiary/aromatic N) is 2. The number of benzene rings is 1. The summed E-state index contributed by atoms with van der Waals surface area (Å²) >= 11 is 6.26. The molecule has 0 fully saturated rings. The number of aromatic hydroxyl groups is 2. The maximum atomic E-state index is 10.3. The van der Waals surface area contributed by atoms with E-state index in [-0.39, 0.29) is 11.5 Å². The van der Waals surface area contributed by atoms with E-state index < -0.39 is 0 Å². The van der Waals surface area contributed by atoms with E-state index in [1.807, 2.05) is 6.92 Å². The normalized spacial score (nSPS) is 11.1. The summed E-state index contributed by atoms with van der Waals surface area (Å²) in [7, 11) is 0. The second kappa shape index (κ2) is 5.30. The van der Waals surface area contributed by atoms with Crippen molar-refractivity contribution < 1.29 is 10.2 Å². The molecule has 0 unspecified atom stereocenters. The molecule has 2 heterocycles. The molecule has 0 aliphatic heterocycles. The first-order valence-electron chi connectivity index (χ1n) is 6.78. The Kier molecular flexibility index (Phi) is 3.47. The van der Waals surface area contributed by atoms with Gasteiger partial charge in [0, 0.05) is 18.6 Å². The zero-order chi connectivity index (χ0) is 15.0. The minimum atomic E-state index is 0.0106. The Balaban J connectivity index is 2.28. The number of hydrogen-bond acceptors (Lipinski definition) is 3. The Hall–Kier alpha value is -2.20. The van der Waals surface area contributed by atoms with E-state index >= 15 is 0 Å². The van der Waals surface area contributed by atoms with Gasteiger partial charge in [0.1, 0.15) is 17.1 Å². The number of pyridine rings is 1. The van der Waals surface area contributed by atoms with Gasteiger partial charge in [-0.05, 0) is 30.2 Å². The maximum absolute atomic E-state index is 10.3. The van der Waals surface area contributed by atoms with Gasteiger partial charge in [-0.1, -0.05) is 24.9 Å². The van der Waals surface area contributed by atoms with Crippen LogP contribution in [0.5, 0.6) is 11.5 Å². The predicted octanol–water partition coefficient (Wildman–Crippen LogP) is 4.02. The molecule has 3 aromatic rings. The molecule has 108 valence electrons. The van der Waals surface area contributed by atoms with Crippen LogP contribution in [0.4, 0.5) is 0 Å². The van der Waals surface area contributed by atoms with Crippen LogP contribution in [0.25, 0.3) is 16.8 Å². The van der Waals surface area contributed by atoms with Crippen LogP contribution < -0.4 is 0 Å². The number of imidazole rings is 1. The second-order valence-electron chi connectivity index (χ2n) is 4.96. The SMILES string of the molecule is CCCc1cc(O)c(-c2c(Cl)ccn3ccnc23)c(O)c1. The fourth-order valence-electron chi connectivity index (χ4n) is 2.55. The Bertz CT molecular complexity index is 788. The Morgan fingerprint density at radius 2 is 1.86 bits per heavy atom. The highest BCUT2D eigenvalue weighted by atomic mass is 35.5. The number of aromatic nitrogens is 2. The van der Waals surface area contributed by atoms with E-state index in [4.69, 9.17) is 11.6 Å². The van der Waals surface area contributed by atoms with Gasteiger partial charge in [-0.3, -0.25) is 0 Å². The van der Waals surface area contributed by atoms with Crippen LogP contribution in [0.3, 0.4) is 0 Å². The molecule has 0 bridgehead atoms. The van der Waals surface area contributed by atoms with Gasteiger partial charge >= 0.3 is 0 Å². The molecular weight excluding hydrogens is 288 g/mol. The zero-order valence-electron chi connectivity index (χ0n) is 11.5. The topological polar surface area (TPSA) is 57.8 Å². The first-order chi connectivity index (χ1) is 10.1. The third-order valence-corrected chi connectivity index (χ3v) is 3.77. The van der Waals surface area contributed by atoms with Gasteiger partial charge < -0.3 is 14.6 Å². The maximum Gasteiger partial charge on any atom is 0.146 e. The van der Waals surface area contributed by atoms with Gasteiger partial charge in [0.15, 0.2) is 0 Å². The van der Waals surface area contributed by atoms with E-state index in [9.17, 15) is 10.2 Å².